The molecule has 5 heteroatoms. The minimum Gasteiger partial charge on any atom is -0.494 e. The number of hydrogen-bond acceptors (Lipinski definition) is 4. The van der Waals surface area contributed by atoms with Gasteiger partial charge in [-0.3, -0.25) is 9.36 Å². The summed E-state index contributed by atoms with van der Waals surface area (Å²) < 4.78 is 6.95. The number of benzene rings is 1. The highest BCUT2D eigenvalue weighted by atomic mass is 32.2. The van der Waals surface area contributed by atoms with Crippen LogP contribution < -0.4 is 10.3 Å². The number of rotatable bonds is 1. The largest absolute Gasteiger partial charge is 0.494 e. The van der Waals surface area contributed by atoms with Crippen molar-refractivity contribution in [2.45, 2.75) is 11.7 Å². The summed E-state index contributed by atoms with van der Waals surface area (Å²) in [7, 11) is 1.59. The molecular formula is C11H10N2O2S. The lowest BCUT2D eigenvalue weighted by Crippen LogP contribution is -2.20. The van der Waals surface area contributed by atoms with Crippen LogP contribution in [0.4, 0.5) is 0 Å². The third-order valence-electron chi connectivity index (χ3n) is 2.68. The van der Waals surface area contributed by atoms with Crippen molar-refractivity contribution in [1.29, 1.82) is 0 Å². The zero-order valence-corrected chi connectivity index (χ0v) is 9.58. The minimum atomic E-state index is 0.0314. The lowest BCUT2D eigenvalue weighted by Gasteiger charge is -2.07. The summed E-state index contributed by atoms with van der Waals surface area (Å²) in [4.78, 5) is 16.6. The predicted octanol–water partition coefficient (Wildman–Crippen LogP) is 1.51. The zero-order chi connectivity index (χ0) is 11.1. The van der Waals surface area contributed by atoms with E-state index in [1.165, 1.54) is 0 Å². The van der Waals surface area contributed by atoms with Gasteiger partial charge < -0.3 is 4.74 Å². The van der Waals surface area contributed by atoms with E-state index in [1.807, 2.05) is 12.1 Å². The van der Waals surface area contributed by atoms with Crippen LogP contribution in [0.15, 0.2) is 28.2 Å². The van der Waals surface area contributed by atoms with Crippen LogP contribution in [0.3, 0.4) is 0 Å². The third-order valence-corrected chi connectivity index (χ3v) is 3.64. The van der Waals surface area contributed by atoms with Crippen LogP contribution in [-0.2, 0) is 6.54 Å². The summed E-state index contributed by atoms with van der Waals surface area (Å²) >= 11 is 1.61. The average molecular weight is 234 g/mol. The topological polar surface area (TPSA) is 44.1 Å². The number of ether oxygens (including phenoxy) is 1. The molecule has 0 aliphatic carbocycles. The van der Waals surface area contributed by atoms with Crippen LogP contribution in [-0.4, -0.2) is 22.4 Å². The van der Waals surface area contributed by atoms with Gasteiger partial charge >= 0.3 is 0 Å². The first-order chi connectivity index (χ1) is 7.81. The number of aromatic nitrogens is 2. The summed E-state index contributed by atoms with van der Waals surface area (Å²) in [6, 6.07) is 5.44. The fraction of sp³-hybridized carbons (Fsp3) is 0.273. The van der Waals surface area contributed by atoms with E-state index >= 15 is 0 Å². The Balaban J connectivity index is 2.45. The van der Waals surface area contributed by atoms with Crippen molar-refractivity contribution in [1.82, 2.24) is 9.55 Å². The van der Waals surface area contributed by atoms with Gasteiger partial charge in [-0.2, -0.15) is 0 Å². The molecule has 0 spiro atoms. The molecule has 4 nitrogen and oxygen atoms in total. The summed E-state index contributed by atoms with van der Waals surface area (Å²) in [5.74, 6) is 1.58. The van der Waals surface area contributed by atoms with Crippen molar-refractivity contribution in [3.63, 3.8) is 0 Å². The standard InChI is InChI=1S/C11H10N2O2S/c1-15-8-4-2-3-7-9(8)12-11-13(10(7)14)5-6-16-11/h2-4H,5-6H2,1H3. The third kappa shape index (κ3) is 1.24. The molecule has 0 bridgehead atoms. The van der Waals surface area contributed by atoms with E-state index in [1.54, 1.807) is 29.5 Å². The Morgan fingerprint density at radius 3 is 3.19 bits per heavy atom. The van der Waals surface area contributed by atoms with E-state index in [0.29, 0.717) is 16.7 Å². The van der Waals surface area contributed by atoms with Gasteiger partial charge in [0.2, 0.25) is 0 Å². The van der Waals surface area contributed by atoms with E-state index in [0.717, 1.165) is 17.5 Å². The van der Waals surface area contributed by atoms with Crippen molar-refractivity contribution in [3.05, 3.63) is 28.6 Å². The molecule has 2 heterocycles. The molecule has 0 amide bonds. The molecule has 1 aliphatic rings. The summed E-state index contributed by atoms with van der Waals surface area (Å²) in [6.45, 7) is 0.749. The molecule has 0 atom stereocenters. The molecule has 2 aromatic rings. The monoisotopic (exact) mass is 234 g/mol. The van der Waals surface area contributed by atoms with Crippen LogP contribution in [0.2, 0.25) is 0 Å². The van der Waals surface area contributed by atoms with E-state index in [4.69, 9.17) is 4.74 Å². The van der Waals surface area contributed by atoms with Crippen molar-refractivity contribution in [2.75, 3.05) is 12.9 Å². The predicted molar refractivity (Wildman–Crippen MR) is 63.3 cm³/mol. The molecular weight excluding hydrogens is 224 g/mol. The Bertz CT molecular complexity index is 621. The zero-order valence-electron chi connectivity index (χ0n) is 8.77. The summed E-state index contributed by atoms with van der Waals surface area (Å²) in [5, 5.41) is 1.42. The number of thioether (sulfide) groups is 1. The second kappa shape index (κ2) is 3.52. The van der Waals surface area contributed by atoms with Crippen LogP contribution in [0.1, 0.15) is 0 Å². The van der Waals surface area contributed by atoms with Gasteiger partial charge in [-0.15, -0.1) is 0 Å². The molecule has 0 unspecified atom stereocenters. The Labute approximate surface area is 96.2 Å². The molecule has 1 aromatic carbocycles. The van der Waals surface area contributed by atoms with Gasteiger partial charge in [0.15, 0.2) is 5.16 Å². The van der Waals surface area contributed by atoms with E-state index in [2.05, 4.69) is 4.98 Å². The van der Waals surface area contributed by atoms with Gasteiger partial charge in [0.25, 0.3) is 5.56 Å². The van der Waals surface area contributed by atoms with Crippen molar-refractivity contribution in [3.8, 4) is 5.75 Å². The van der Waals surface area contributed by atoms with Crippen LogP contribution in [0, 0.1) is 0 Å². The van der Waals surface area contributed by atoms with Gasteiger partial charge in [-0.1, -0.05) is 17.8 Å². The molecule has 0 radical (unpaired) electrons. The van der Waals surface area contributed by atoms with Crippen LogP contribution in [0.5, 0.6) is 5.75 Å². The molecule has 0 fully saturated rings. The van der Waals surface area contributed by atoms with Crippen molar-refractivity contribution >= 4 is 22.7 Å². The second-order valence-corrected chi connectivity index (χ2v) is 4.62. The smallest absolute Gasteiger partial charge is 0.262 e. The average Bonchev–Trinajstić information content (AvgIpc) is 2.77. The molecule has 3 rings (SSSR count). The quantitative estimate of drug-likeness (QED) is 0.702. The first-order valence-corrected chi connectivity index (χ1v) is 6.00. The van der Waals surface area contributed by atoms with Gasteiger partial charge in [-0.25, -0.2) is 4.98 Å². The molecule has 1 aromatic heterocycles. The molecule has 82 valence electrons. The fourth-order valence-corrected chi connectivity index (χ4v) is 2.84. The molecule has 0 saturated carbocycles. The fourth-order valence-electron chi connectivity index (χ4n) is 1.90. The Kier molecular flexibility index (Phi) is 2.14. The van der Waals surface area contributed by atoms with Gasteiger partial charge in [0.1, 0.15) is 11.3 Å². The van der Waals surface area contributed by atoms with Gasteiger partial charge in [0.05, 0.1) is 12.5 Å². The highest BCUT2D eigenvalue weighted by Gasteiger charge is 2.17. The van der Waals surface area contributed by atoms with E-state index in [-0.39, 0.29) is 5.56 Å². The number of para-hydroxylation sites is 1. The molecule has 1 aliphatic heterocycles. The lowest BCUT2D eigenvalue weighted by atomic mass is 10.2. The van der Waals surface area contributed by atoms with Crippen LogP contribution >= 0.6 is 11.8 Å². The number of fused-ring (bicyclic) bond motifs is 2. The SMILES string of the molecule is COc1cccc2c(=O)n3c(nc12)SCC3. The molecule has 16 heavy (non-hydrogen) atoms. The van der Waals surface area contributed by atoms with Gasteiger partial charge in [-0.05, 0) is 12.1 Å². The number of methoxy groups -OCH3 is 1. The Morgan fingerprint density at radius 1 is 1.50 bits per heavy atom. The maximum absolute atomic E-state index is 12.1. The van der Waals surface area contributed by atoms with E-state index < -0.39 is 0 Å². The Hall–Kier alpha value is -1.49. The lowest BCUT2D eigenvalue weighted by molar-refractivity contribution is 0.418. The minimum absolute atomic E-state index is 0.0314. The summed E-state index contributed by atoms with van der Waals surface area (Å²) in [6.07, 6.45) is 0. The maximum atomic E-state index is 12.1. The van der Waals surface area contributed by atoms with E-state index in [9.17, 15) is 4.79 Å². The molecule has 0 N–H and O–H groups in total. The first-order valence-electron chi connectivity index (χ1n) is 5.01. The highest BCUT2D eigenvalue weighted by molar-refractivity contribution is 7.99. The van der Waals surface area contributed by atoms with Gasteiger partial charge in [0, 0.05) is 12.3 Å². The Morgan fingerprint density at radius 2 is 2.38 bits per heavy atom. The van der Waals surface area contributed by atoms with Crippen molar-refractivity contribution in [2.24, 2.45) is 0 Å². The number of nitrogens with zero attached hydrogens (tertiary/aromatic N) is 2. The summed E-state index contributed by atoms with van der Waals surface area (Å²) in [5.41, 5.74) is 0.694. The highest BCUT2D eigenvalue weighted by Crippen LogP contribution is 2.27. The molecule has 0 saturated heterocycles. The normalized spacial score (nSPS) is 14.1. The second-order valence-electron chi connectivity index (χ2n) is 3.56. The number of hydrogen-bond donors (Lipinski definition) is 0. The maximum Gasteiger partial charge on any atom is 0.262 e. The van der Waals surface area contributed by atoms with Crippen molar-refractivity contribution < 1.29 is 4.74 Å². The van der Waals surface area contributed by atoms with Crippen LogP contribution in [0.25, 0.3) is 10.9 Å². The first kappa shape index (κ1) is 9.72.